The average molecular weight is 266 g/mol. The molecular formula is C13H18N2O4. The molecule has 1 rings (SSSR count). The van der Waals surface area contributed by atoms with Crippen LogP contribution in [0.15, 0.2) is 24.3 Å². The molecule has 1 aromatic rings. The van der Waals surface area contributed by atoms with Gasteiger partial charge >= 0.3 is 5.97 Å². The number of carbonyl (C=O) groups is 1. The molecule has 0 amide bonds. The topological polar surface area (TPSA) is 83.7 Å². The van der Waals surface area contributed by atoms with Gasteiger partial charge in [-0.25, -0.2) is 0 Å². The van der Waals surface area contributed by atoms with Crippen molar-refractivity contribution in [2.75, 3.05) is 13.1 Å². The van der Waals surface area contributed by atoms with Crippen LogP contribution in [0.3, 0.4) is 0 Å². The average Bonchev–Trinajstić information content (AvgIpc) is 2.37. The molecule has 1 unspecified atom stereocenters. The van der Waals surface area contributed by atoms with Crippen LogP contribution in [0.1, 0.15) is 19.4 Å². The Hall–Kier alpha value is -1.95. The van der Waals surface area contributed by atoms with Gasteiger partial charge in [0, 0.05) is 24.7 Å². The number of aliphatic carboxylic acids is 1. The van der Waals surface area contributed by atoms with Crippen LogP contribution in [0.4, 0.5) is 5.69 Å². The maximum atomic E-state index is 10.9. The molecule has 0 spiro atoms. The SMILES string of the molecule is CCN(Cc1ccccc1[N+](=O)[O-])CC(C)C(=O)O. The summed E-state index contributed by atoms with van der Waals surface area (Å²) in [5, 5.41) is 19.8. The molecule has 1 atom stereocenters. The molecule has 0 aliphatic heterocycles. The molecule has 6 nitrogen and oxygen atoms in total. The Labute approximate surface area is 111 Å². The van der Waals surface area contributed by atoms with Crippen molar-refractivity contribution in [1.29, 1.82) is 0 Å². The lowest BCUT2D eigenvalue weighted by atomic mass is 10.1. The first-order chi connectivity index (χ1) is 8.95. The van der Waals surface area contributed by atoms with E-state index in [1.165, 1.54) is 6.07 Å². The van der Waals surface area contributed by atoms with Crippen molar-refractivity contribution in [1.82, 2.24) is 4.90 Å². The Morgan fingerprint density at radius 1 is 1.47 bits per heavy atom. The van der Waals surface area contributed by atoms with Gasteiger partial charge in [-0.2, -0.15) is 0 Å². The van der Waals surface area contributed by atoms with Crippen LogP contribution in [0, 0.1) is 16.0 Å². The third-order valence-electron chi connectivity index (χ3n) is 2.98. The molecule has 0 aliphatic rings. The van der Waals surface area contributed by atoms with Crippen molar-refractivity contribution >= 4 is 11.7 Å². The number of carboxylic acids is 1. The fourth-order valence-corrected chi connectivity index (χ4v) is 1.83. The first kappa shape index (κ1) is 15.1. The van der Waals surface area contributed by atoms with E-state index in [-0.39, 0.29) is 5.69 Å². The molecule has 0 fully saturated rings. The third kappa shape index (κ3) is 4.33. The van der Waals surface area contributed by atoms with Crippen LogP contribution in [0.5, 0.6) is 0 Å². The van der Waals surface area contributed by atoms with Crippen molar-refractivity contribution in [3.8, 4) is 0 Å². The highest BCUT2D eigenvalue weighted by Crippen LogP contribution is 2.19. The van der Waals surface area contributed by atoms with Gasteiger partial charge in [0.2, 0.25) is 0 Å². The minimum Gasteiger partial charge on any atom is -0.481 e. The van der Waals surface area contributed by atoms with E-state index in [0.717, 1.165) is 0 Å². The van der Waals surface area contributed by atoms with Gasteiger partial charge in [0.1, 0.15) is 0 Å². The van der Waals surface area contributed by atoms with Gasteiger partial charge in [-0.3, -0.25) is 19.8 Å². The van der Waals surface area contributed by atoms with Gasteiger partial charge in [0.25, 0.3) is 5.69 Å². The number of nitro groups is 1. The standard InChI is InChI=1S/C13H18N2O4/c1-3-14(8-10(2)13(16)17)9-11-6-4-5-7-12(11)15(18)19/h4-7,10H,3,8-9H2,1-2H3,(H,16,17). The van der Waals surface area contributed by atoms with E-state index < -0.39 is 16.8 Å². The number of hydrogen-bond acceptors (Lipinski definition) is 4. The van der Waals surface area contributed by atoms with Crippen LogP contribution in [0.2, 0.25) is 0 Å². The number of carboxylic acid groups (broad SMARTS) is 1. The van der Waals surface area contributed by atoms with E-state index in [4.69, 9.17) is 5.11 Å². The minimum absolute atomic E-state index is 0.0731. The van der Waals surface area contributed by atoms with Gasteiger partial charge in [0.15, 0.2) is 0 Å². The number of benzene rings is 1. The molecule has 0 heterocycles. The van der Waals surface area contributed by atoms with Crippen molar-refractivity contribution in [3.63, 3.8) is 0 Å². The lowest BCUT2D eigenvalue weighted by Crippen LogP contribution is -2.31. The van der Waals surface area contributed by atoms with Crippen molar-refractivity contribution in [2.24, 2.45) is 5.92 Å². The summed E-state index contributed by atoms with van der Waals surface area (Å²) in [7, 11) is 0. The van der Waals surface area contributed by atoms with Gasteiger partial charge in [-0.05, 0) is 6.54 Å². The van der Waals surface area contributed by atoms with Crippen molar-refractivity contribution in [2.45, 2.75) is 20.4 Å². The Morgan fingerprint density at radius 3 is 2.63 bits per heavy atom. The summed E-state index contributed by atoms with van der Waals surface area (Å²) in [6.07, 6.45) is 0. The highest BCUT2D eigenvalue weighted by molar-refractivity contribution is 5.69. The molecular weight excluding hydrogens is 248 g/mol. The van der Waals surface area contributed by atoms with Crippen LogP contribution < -0.4 is 0 Å². The molecule has 0 aliphatic carbocycles. The second-order valence-corrected chi connectivity index (χ2v) is 4.45. The maximum absolute atomic E-state index is 10.9. The van der Waals surface area contributed by atoms with E-state index in [9.17, 15) is 14.9 Å². The molecule has 0 saturated heterocycles. The van der Waals surface area contributed by atoms with Gasteiger partial charge in [-0.1, -0.05) is 32.0 Å². The summed E-state index contributed by atoms with van der Waals surface area (Å²) in [6.45, 7) is 4.93. The van der Waals surface area contributed by atoms with Crippen molar-refractivity contribution in [3.05, 3.63) is 39.9 Å². The van der Waals surface area contributed by atoms with Crippen LogP contribution in [0.25, 0.3) is 0 Å². The van der Waals surface area contributed by atoms with E-state index >= 15 is 0 Å². The summed E-state index contributed by atoms with van der Waals surface area (Å²) in [4.78, 5) is 23.2. The maximum Gasteiger partial charge on any atom is 0.307 e. The smallest absolute Gasteiger partial charge is 0.307 e. The molecule has 1 N–H and O–H groups in total. The lowest BCUT2D eigenvalue weighted by molar-refractivity contribution is -0.385. The quantitative estimate of drug-likeness (QED) is 0.603. The molecule has 0 bridgehead atoms. The second-order valence-electron chi connectivity index (χ2n) is 4.45. The second kappa shape index (κ2) is 6.84. The first-order valence-electron chi connectivity index (χ1n) is 6.13. The highest BCUT2D eigenvalue weighted by Gasteiger charge is 2.19. The first-order valence-corrected chi connectivity index (χ1v) is 6.13. The summed E-state index contributed by atoms with van der Waals surface area (Å²) < 4.78 is 0. The number of para-hydroxylation sites is 1. The fourth-order valence-electron chi connectivity index (χ4n) is 1.83. The van der Waals surface area contributed by atoms with E-state index in [1.807, 2.05) is 11.8 Å². The molecule has 0 aromatic heterocycles. The number of rotatable bonds is 7. The summed E-state index contributed by atoms with van der Waals surface area (Å²) in [5.74, 6) is -1.36. The lowest BCUT2D eigenvalue weighted by Gasteiger charge is -2.22. The number of hydrogen-bond donors (Lipinski definition) is 1. The molecule has 19 heavy (non-hydrogen) atoms. The predicted octanol–water partition coefficient (Wildman–Crippen LogP) is 2.14. The van der Waals surface area contributed by atoms with Crippen LogP contribution in [-0.4, -0.2) is 34.0 Å². The number of nitrogens with zero attached hydrogens (tertiary/aromatic N) is 2. The zero-order valence-electron chi connectivity index (χ0n) is 11.1. The third-order valence-corrected chi connectivity index (χ3v) is 2.98. The molecule has 104 valence electrons. The molecule has 1 aromatic carbocycles. The monoisotopic (exact) mass is 266 g/mol. The Bertz CT molecular complexity index is 462. The molecule has 0 radical (unpaired) electrons. The van der Waals surface area contributed by atoms with E-state index in [1.54, 1.807) is 25.1 Å². The Morgan fingerprint density at radius 2 is 2.11 bits per heavy atom. The summed E-state index contributed by atoms with van der Waals surface area (Å²) in [6, 6.07) is 6.53. The largest absolute Gasteiger partial charge is 0.481 e. The van der Waals surface area contributed by atoms with Gasteiger partial charge in [0.05, 0.1) is 10.8 Å². The molecule has 0 saturated carbocycles. The fraction of sp³-hybridized carbons (Fsp3) is 0.462. The minimum atomic E-state index is -0.860. The summed E-state index contributed by atoms with van der Waals surface area (Å²) >= 11 is 0. The van der Waals surface area contributed by atoms with Gasteiger partial charge in [-0.15, -0.1) is 0 Å². The zero-order valence-corrected chi connectivity index (χ0v) is 11.1. The predicted molar refractivity (Wildman–Crippen MR) is 70.8 cm³/mol. The van der Waals surface area contributed by atoms with E-state index in [2.05, 4.69) is 0 Å². The van der Waals surface area contributed by atoms with Gasteiger partial charge < -0.3 is 5.11 Å². The number of nitro benzene ring substituents is 1. The Kier molecular flexibility index (Phi) is 5.44. The Balaban J connectivity index is 2.81. The van der Waals surface area contributed by atoms with Crippen LogP contribution >= 0.6 is 0 Å². The van der Waals surface area contributed by atoms with E-state index in [0.29, 0.717) is 25.2 Å². The van der Waals surface area contributed by atoms with Crippen LogP contribution in [-0.2, 0) is 11.3 Å². The molecule has 6 heteroatoms. The summed E-state index contributed by atoms with van der Waals surface area (Å²) in [5.41, 5.74) is 0.677. The zero-order chi connectivity index (χ0) is 14.4. The van der Waals surface area contributed by atoms with Crippen molar-refractivity contribution < 1.29 is 14.8 Å². The highest BCUT2D eigenvalue weighted by atomic mass is 16.6. The normalized spacial score (nSPS) is 12.4.